The first-order chi connectivity index (χ1) is 13.2. The lowest BCUT2D eigenvalue weighted by molar-refractivity contribution is -0.136. The van der Waals surface area contributed by atoms with Crippen LogP contribution in [0.4, 0.5) is 8.78 Å². The second-order valence-corrected chi connectivity index (χ2v) is 8.93. The molecule has 1 aromatic heterocycles. The number of carbonyl (C=O) groups excluding carboxylic acids is 1. The maximum atomic E-state index is 13.1. The van der Waals surface area contributed by atoms with E-state index in [-0.39, 0.29) is 18.7 Å². The Kier molecular flexibility index (Phi) is 6.16. The number of amides is 1. The summed E-state index contributed by atoms with van der Waals surface area (Å²) < 4.78 is 30.7. The number of hydrogen-bond acceptors (Lipinski definition) is 5. The van der Waals surface area contributed by atoms with Crippen molar-refractivity contribution in [2.24, 2.45) is 0 Å². The highest BCUT2D eigenvalue weighted by molar-refractivity contribution is 8.01. The van der Waals surface area contributed by atoms with E-state index in [4.69, 9.17) is 16.3 Å². The molecule has 1 aliphatic heterocycles. The molecule has 0 spiro atoms. The highest BCUT2D eigenvalue weighted by atomic mass is 35.5. The molecule has 1 aromatic rings. The van der Waals surface area contributed by atoms with Crippen LogP contribution >= 0.6 is 34.7 Å². The number of allylic oxidation sites excluding steroid dienone is 2. The summed E-state index contributed by atoms with van der Waals surface area (Å²) in [6.45, 7) is 1.68. The Labute approximate surface area is 173 Å². The van der Waals surface area contributed by atoms with Crippen molar-refractivity contribution in [1.82, 2.24) is 4.90 Å². The predicted octanol–water partition coefficient (Wildman–Crippen LogP) is 5.06. The minimum Gasteiger partial charge on any atom is -0.496 e. The van der Waals surface area contributed by atoms with Gasteiger partial charge >= 0.3 is 5.97 Å². The van der Waals surface area contributed by atoms with Crippen LogP contribution in [0.5, 0.6) is 0 Å². The van der Waals surface area contributed by atoms with E-state index in [1.807, 2.05) is 0 Å². The standard InChI is InChI=1S/C18H16ClF2NO4S2/c1-8-9(6-15(23)24)10-5-13(26-2)11(19)7-12(10)22(8)17(25)14-3-4-16(27-14)28-18(20)21/h3-5,12,18H,6-7H2,1-2H3,(H,23,24). The Morgan fingerprint density at radius 2 is 2.18 bits per heavy atom. The summed E-state index contributed by atoms with van der Waals surface area (Å²) in [6, 6.07) is 2.53. The molecule has 3 rings (SSSR count). The molecule has 1 N–H and O–H groups in total. The fourth-order valence-corrected chi connectivity index (χ4v) is 5.31. The van der Waals surface area contributed by atoms with E-state index >= 15 is 0 Å². The van der Waals surface area contributed by atoms with Gasteiger partial charge in [0.15, 0.2) is 0 Å². The summed E-state index contributed by atoms with van der Waals surface area (Å²) >= 11 is 7.65. The average molecular weight is 448 g/mol. The fourth-order valence-electron chi connectivity index (χ4n) is 3.35. The fraction of sp³-hybridized carbons (Fsp3) is 0.333. The first-order valence-electron chi connectivity index (χ1n) is 8.17. The number of rotatable bonds is 6. The molecule has 1 amide bonds. The third-order valence-electron chi connectivity index (χ3n) is 4.51. The van der Waals surface area contributed by atoms with Crippen molar-refractivity contribution in [2.45, 2.75) is 35.8 Å². The van der Waals surface area contributed by atoms with Crippen LogP contribution in [-0.4, -0.2) is 40.8 Å². The molecule has 28 heavy (non-hydrogen) atoms. The summed E-state index contributed by atoms with van der Waals surface area (Å²) in [7, 11) is 1.47. The van der Waals surface area contributed by atoms with Gasteiger partial charge in [-0.2, -0.15) is 8.78 Å². The number of halogens is 3. The SMILES string of the molecule is COC1=C(Cl)CC2C(=C1)C(CC(=O)O)=C(C)N2C(=O)c1ccc(SC(F)F)s1. The Bertz CT molecular complexity index is 922. The van der Waals surface area contributed by atoms with Gasteiger partial charge in [-0.15, -0.1) is 11.3 Å². The van der Waals surface area contributed by atoms with Gasteiger partial charge in [-0.3, -0.25) is 9.59 Å². The van der Waals surface area contributed by atoms with Crippen molar-refractivity contribution < 1.29 is 28.2 Å². The molecule has 1 atom stereocenters. The van der Waals surface area contributed by atoms with Gasteiger partial charge in [0.1, 0.15) is 5.76 Å². The Morgan fingerprint density at radius 3 is 2.79 bits per heavy atom. The largest absolute Gasteiger partial charge is 0.496 e. The topological polar surface area (TPSA) is 66.8 Å². The van der Waals surface area contributed by atoms with E-state index in [0.717, 1.165) is 11.3 Å². The molecule has 1 unspecified atom stereocenters. The molecule has 0 aromatic carbocycles. The van der Waals surface area contributed by atoms with Crippen molar-refractivity contribution in [1.29, 1.82) is 0 Å². The molecule has 0 saturated heterocycles. The predicted molar refractivity (Wildman–Crippen MR) is 104 cm³/mol. The molecule has 150 valence electrons. The molecule has 0 fully saturated rings. The van der Waals surface area contributed by atoms with Gasteiger partial charge in [-0.05, 0) is 48.0 Å². The van der Waals surface area contributed by atoms with Crippen molar-refractivity contribution in [2.75, 3.05) is 7.11 Å². The highest BCUT2D eigenvalue weighted by Gasteiger charge is 2.41. The number of carboxylic acids is 1. The molecule has 0 bridgehead atoms. The van der Waals surface area contributed by atoms with Gasteiger partial charge in [0.25, 0.3) is 11.7 Å². The maximum absolute atomic E-state index is 13.1. The van der Waals surface area contributed by atoms with E-state index < -0.39 is 17.8 Å². The first kappa shape index (κ1) is 20.9. The number of nitrogens with zero attached hydrogens (tertiary/aromatic N) is 1. The third-order valence-corrected chi connectivity index (χ3v) is 6.80. The van der Waals surface area contributed by atoms with Gasteiger partial charge in [0.05, 0.1) is 33.7 Å². The van der Waals surface area contributed by atoms with Crippen molar-refractivity contribution in [3.8, 4) is 0 Å². The third kappa shape index (κ3) is 3.97. The Morgan fingerprint density at radius 1 is 1.46 bits per heavy atom. The van der Waals surface area contributed by atoms with Crippen LogP contribution < -0.4 is 0 Å². The lowest BCUT2D eigenvalue weighted by Gasteiger charge is -2.29. The van der Waals surface area contributed by atoms with Crippen molar-refractivity contribution in [3.63, 3.8) is 0 Å². The normalized spacial score (nSPS) is 19.3. The number of thiophene rings is 1. The zero-order chi connectivity index (χ0) is 20.6. The van der Waals surface area contributed by atoms with Crippen LogP contribution in [0.3, 0.4) is 0 Å². The number of thioether (sulfide) groups is 1. The van der Waals surface area contributed by atoms with E-state index in [0.29, 0.717) is 48.5 Å². The molecule has 0 radical (unpaired) electrons. The Hall–Kier alpha value is -1.84. The van der Waals surface area contributed by atoms with Crippen molar-refractivity contribution in [3.05, 3.63) is 50.7 Å². The second kappa shape index (κ2) is 8.26. The smallest absolute Gasteiger partial charge is 0.307 e. The number of carbonyl (C=O) groups is 2. The van der Waals surface area contributed by atoms with Crippen LogP contribution in [0.2, 0.25) is 0 Å². The number of fused-ring (bicyclic) bond motifs is 1. The van der Waals surface area contributed by atoms with E-state index in [1.165, 1.54) is 24.1 Å². The zero-order valence-corrected chi connectivity index (χ0v) is 17.3. The first-order valence-corrected chi connectivity index (χ1v) is 10.2. The summed E-state index contributed by atoms with van der Waals surface area (Å²) in [5.41, 5.74) is 1.72. The maximum Gasteiger partial charge on any atom is 0.307 e. The van der Waals surface area contributed by atoms with E-state index in [2.05, 4.69) is 0 Å². The highest BCUT2D eigenvalue weighted by Crippen LogP contribution is 2.44. The van der Waals surface area contributed by atoms with Gasteiger partial charge in [-0.1, -0.05) is 11.6 Å². The summed E-state index contributed by atoms with van der Waals surface area (Å²) in [5.74, 6) is -3.52. The number of hydrogen-bond donors (Lipinski definition) is 1. The van der Waals surface area contributed by atoms with Crippen LogP contribution in [0, 0.1) is 0 Å². The van der Waals surface area contributed by atoms with Gasteiger partial charge in [0, 0.05) is 12.1 Å². The number of alkyl halides is 2. The van der Waals surface area contributed by atoms with Crippen LogP contribution in [0.1, 0.15) is 29.4 Å². The number of aliphatic carboxylic acids is 1. The average Bonchev–Trinajstić information content (AvgIpc) is 3.16. The van der Waals surface area contributed by atoms with Crippen LogP contribution in [0.15, 0.2) is 50.1 Å². The molecular weight excluding hydrogens is 432 g/mol. The molecule has 0 saturated carbocycles. The number of methoxy groups -OCH3 is 1. The van der Waals surface area contributed by atoms with Crippen LogP contribution in [0.25, 0.3) is 0 Å². The van der Waals surface area contributed by atoms with E-state index in [1.54, 1.807) is 13.0 Å². The van der Waals surface area contributed by atoms with Gasteiger partial charge in [0.2, 0.25) is 0 Å². The quantitative estimate of drug-likeness (QED) is 0.617. The molecule has 10 heteroatoms. The molecule has 5 nitrogen and oxygen atoms in total. The lowest BCUT2D eigenvalue weighted by Crippen LogP contribution is -2.36. The molecule has 2 heterocycles. The van der Waals surface area contributed by atoms with Crippen LogP contribution in [-0.2, 0) is 9.53 Å². The molecular formula is C18H16ClF2NO4S2. The molecule has 1 aliphatic carbocycles. The van der Waals surface area contributed by atoms with E-state index in [9.17, 15) is 23.5 Å². The number of carboxylic acid groups (broad SMARTS) is 1. The summed E-state index contributed by atoms with van der Waals surface area (Å²) in [4.78, 5) is 26.3. The second-order valence-electron chi connectivity index (χ2n) is 6.10. The lowest BCUT2D eigenvalue weighted by atomic mass is 9.92. The minimum absolute atomic E-state index is 0.247. The zero-order valence-electron chi connectivity index (χ0n) is 14.9. The van der Waals surface area contributed by atoms with Gasteiger partial charge < -0.3 is 14.7 Å². The monoisotopic (exact) mass is 447 g/mol. The summed E-state index contributed by atoms with van der Waals surface area (Å²) in [6.07, 6.45) is 1.70. The summed E-state index contributed by atoms with van der Waals surface area (Å²) in [5, 5.41) is 9.71. The van der Waals surface area contributed by atoms with Gasteiger partial charge in [-0.25, -0.2) is 0 Å². The number of ether oxygens (including phenoxy) is 1. The van der Waals surface area contributed by atoms with Crippen molar-refractivity contribution >= 4 is 46.6 Å². The Balaban J connectivity index is 1.98. The molecule has 2 aliphatic rings. The minimum atomic E-state index is -2.57.